The van der Waals surface area contributed by atoms with E-state index in [1.807, 2.05) is 0 Å². The number of fused-ring (bicyclic) bond motifs is 1. The first-order valence-corrected chi connectivity index (χ1v) is 7.03. The molecule has 23 heavy (non-hydrogen) atoms. The first kappa shape index (κ1) is 14.9. The first-order valence-electron chi connectivity index (χ1n) is 7.03. The van der Waals surface area contributed by atoms with Crippen molar-refractivity contribution in [1.82, 2.24) is 4.98 Å². The van der Waals surface area contributed by atoms with E-state index in [-0.39, 0.29) is 11.4 Å². The summed E-state index contributed by atoms with van der Waals surface area (Å²) in [4.78, 5) is 15.1. The van der Waals surface area contributed by atoms with Gasteiger partial charge in [0.25, 0.3) is 5.69 Å². The Kier molecular flexibility index (Phi) is 3.65. The summed E-state index contributed by atoms with van der Waals surface area (Å²) in [6, 6.07) is 9.83. The quantitative estimate of drug-likeness (QED) is 0.565. The molecule has 6 heteroatoms. The third-order valence-electron chi connectivity index (χ3n) is 3.68. The topological polar surface area (TPSA) is 68.1 Å². The molecule has 0 fully saturated rings. The Labute approximate surface area is 131 Å². The molecule has 1 aromatic heterocycles. The van der Waals surface area contributed by atoms with Crippen molar-refractivity contribution in [1.29, 1.82) is 0 Å². The minimum atomic E-state index is -0.409. The maximum atomic E-state index is 14.0. The van der Waals surface area contributed by atoms with Crippen molar-refractivity contribution in [3.8, 4) is 0 Å². The van der Waals surface area contributed by atoms with Crippen molar-refractivity contribution in [2.24, 2.45) is 0 Å². The molecule has 0 aliphatic rings. The van der Waals surface area contributed by atoms with E-state index in [1.54, 1.807) is 44.2 Å². The maximum Gasteiger partial charge on any atom is 0.280 e. The highest BCUT2D eigenvalue weighted by molar-refractivity contribution is 5.99. The van der Waals surface area contributed by atoms with Crippen molar-refractivity contribution < 1.29 is 9.31 Å². The Balaban J connectivity index is 2.15. The van der Waals surface area contributed by atoms with E-state index >= 15 is 0 Å². The number of nitrogens with zero attached hydrogens (tertiary/aromatic N) is 2. The number of benzene rings is 2. The van der Waals surface area contributed by atoms with Gasteiger partial charge in [0.15, 0.2) is 0 Å². The third kappa shape index (κ3) is 2.70. The minimum Gasteiger partial charge on any atom is -0.337 e. The second kappa shape index (κ2) is 5.64. The largest absolute Gasteiger partial charge is 0.337 e. The highest BCUT2D eigenvalue weighted by Gasteiger charge is 2.18. The number of anilines is 2. The Morgan fingerprint density at radius 1 is 1.13 bits per heavy atom. The van der Waals surface area contributed by atoms with Crippen LogP contribution in [0.15, 0.2) is 42.6 Å². The van der Waals surface area contributed by atoms with Gasteiger partial charge in [-0.15, -0.1) is 0 Å². The van der Waals surface area contributed by atoms with Gasteiger partial charge >= 0.3 is 0 Å². The van der Waals surface area contributed by atoms with Crippen LogP contribution in [0.2, 0.25) is 0 Å². The smallest absolute Gasteiger partial charge is 0.280 e. The van der Waals surface area contributed by atoms with Crippen LogP contribution in [0, 0.1) is 29.8 Å². The zero-order valence-corrected chi connectivity index (χ0v) is 12.6. The predicted octanol–water partition coefficient (Wildman–Crippen LogP) is 4.64. The molecule has 0 amide bonds. The molecular weight excluding hydrogens is 297 g/mol. The fraction of sp³-hybridized carbons (Fsp3) is 0.118. The van der Waals surface area contributed by atoms with Crippen molar-refractivity contribution >= 4 is 28.0 Å². The fourth-order valence-electron chi connectivity index (χ4n) is 2.54. The molecule has 2 aromatic carbocycles. The zero-order chi connectivity index (χ0) is 16.6. The Bertz CT molecular complexity index is 925. The van der Waals surface area contributed by atoms with Crippen LogP contribution < -0.4 is 5.32 Å². The number of halogens is 1. The highest BCUT2D eigenvalue weighted by Crippen LogP contribution is 2.33. The highest BCUT2D eigenvalue weighted by atomic mass is 19.1. The molecule has 0 saturated carbocycles. The Hall–Kier alpha value is -3.02. The molecule has 3 rings (SSSR count). The van der Waals surface area contributed by atoms with Gasteiger partial charge in [-0.05, 0) is 43.7 Å². The van der Waals surface area contributed by atoms with E-state index in [9.17, 15) is 14.5 Å². The second-order valence-electron chi connectivity index (χ2n) is 5.35. The Morgan fingerprint density at radius 3 is 2.61 bits per heavy atom. The molecule has 0 unspecified atom stereocenters. The summed E-state index contributed by atoms with van der Waals surface area (Å²) in [6.07, 6.45) is 1.48. The van der Waals surface area contributed by atoms with Crippen LogP contribution >= 0.6 is 0 Å². The molecule has 0 atom stereocenters. The summed E-state index contributed by atoms with van der Waals surface area (Å²) < 4.78 is 14.0. The molecule has 0 aliphatic carbocycles. The predicted molar refractivity (Wildman–Crippen MR) is 87.6 cm³/mol. The lowest BCUT2D eigenvalue weighted by Crippen LogP contribution is -1.99. The van der Waals surface area contributed by atoms with Crippen molar-refractivity contribution in [3.05, 3.63) is 69.7 Å². The molecule has 3 aromatic rings. The van der Waals surface area contributed by atoms with E-state index in [1.165, 1.54) is 12.3 Å². The van der Waals surface area contributed by atoms with Crippen LogP contribution in [0.4, 0.5) is 21.6 Å². The van der Waals surface area contributed by atoms with Gasteiger partial charge in [-0.2, -0.15) is 0 Å². The van der Waals surface area contributed by atoms with E-state index in [4.69, 9.17) is 0 Å². The number of pyridine rings is 1. The molecule has 1 N–H and O–H groups in total. The van der Waals surface area contributed by atoms with E-state index in [0.717, 1.165) is 5.56 Å². The number of nitro benzene ring substituents is 1. The van der Waals surface area contributed by atoms with Gasteiger partial charge < -0.3 is 5.32 Å². The number of aryl methyl sites for hydroxylation is 2. The number of hydrogen-bond acceptors (Lipinski definition) is 4. The SMILES string of the molecule is Cc1ccc(Nc2nccc3c([N+](=O)[O-])c(C)ccc23)c(F)c1. The van der Waals surface area contributed by atoms with Gasteiger partial charge in [0.2, 0.25) is 0 Å². The Morgan fingerprint density at radius 2 is 1.91 bits per heavy atom. The summed E-state index contributed by atoms with van der Waals surface area (Å²) in [7, 11) is 0. The molecule has 5 nitrogen and oxygen atoms in total. The molecule has 0 spiro atoms. The first-order chi connectivity index (χ1) is 11.0. The summed E-state index contributed by atoms with van der Waals surface area (Å²) >= 11 is 0. The van der Waals surface area contributed by atoms with Crippen molar-refractivity contribution in [3.63, 3.8) is 0 Å². The number of aromatic nitrogens is 1. The normalized spacial score (nSPS) is 10.7. The van der Waals surface area contributed by atoms with Crippen molar-refractivity contribution in [2.75, 3.05) is 5.32 Å². The molecule has 0 bridgehead atoms. The summed E-state index contributed by atoms with van der Waals surface area (Å²) in [5.41, 5.74) is 1.70. The number of nitrogens with one attached hydrogen (secondary N) is 1. The van der Waals surface area contributed by atoms with Crippen LogP contribution in [0.1, 0.15) is 11.1 Å². The molecule has 0 radical (unpaired) electrons. The van der Waals surface area contributed by atoms with Gasteiger partial charge in [0, 0.05) is 17.1 Å². The van der Waals surface area contributed by atoms with E-state index < -0.39 is 10.7 Å². The number of hydrogen-bond donors (Lipinski definition) is 1. The summed E-state index contributed by atoms with van der Waals surface area (Å²) in [5, 5.41) is 15.3. The van der Waals surface area contributed by atoms with Gasteiger partial charge in [-0.1, -0.05) is 12.1 Å². The molecule has 1 heterocycles. The second-order valence-corrected chi connectivity index (χ2v) is 5.35. The van der Waals surface area contributed by atoms with Gasteiger partial charge in [0.05, 0.1) is 16.0 Å². The molecule has 0 aliphatic heterocycles. The van der Waals surface area contributed by atoms with Gasteiger partial charge in [0.1, 0.15) is 11.6 Å². The van der Waals surface area contributed by atoms with Crippen LogP contribution in [-0.2, 0) is 0 Å². The third-order valence-corrected chi connectivity index (χ3v) is 3.68. The average molecular weight is 311 g/mol. The summed E-state index contributed by atoms with van der Waals surface area (Å²) in [6.45, 7) is 3.49. The zero-order valence-electron chi connectivity index (χ0n) is 12.6. The van der Waals surface area contributed by atoms with E-state index in [0.29, 0.717) is 22.2 Å². The standard InChI is InChI=1S/C17H14FN3O2/c1-10-3-6-15(14(18)9-10)20-17-13-5-4-11(2)16(21(22)23)12(13)7-8-19-17/h3-9H,1-2H3,(H,19,20). The molecular formula is C17H14FN3O2. The lowest BCUT2D eigenvalue weighted by Gasteiger charge is -2.11. The van der Waals surface area contributed by atoms with Gasteiger partial charge in [-0.25, -0.2) is 9.37 Å². The molecule has 116 valence electrons. The average Bonchev–Trinajstić information content (AvgIpc) is 2.49. The van der Waals surface area contributed by atoms with Crippen LogP contribution in [0.5, 0.6) is 0 Å². The van der Waals surface area contributed by atoms with Crippen molar-refractivity contribution in [2.45, 2.75) is 13.8 Å². The number of nitro groups is 1. The lowest BCUT2D eigenvalue weighted by atomic mass is 10.1. The summed E-state index contributed by atoms with van der Waals surface area (Å²) in [5.74, 6) is -0.0150. The van der Waals surface area contributed by atoms with Crippen LogP contribution in [0.3, 0.4) is 0 Å². The maximum absolute atomic E-state index is 14.0. The van der Waals surface area contributed by atoms with Crippen LogP contribution in [-0.4, -0.2) is 9.91 Å². The van der Waals surface area contributed by atoms with Gasteiger partial charge in [-0.3, -0.25) is 10.1 Å². The number of rotatable bonds is 3. The van der Waals surface area contributed by atoms with E-state index in [2.05, 4.69) is 10.3 Å². The minimum absolute atomic E-state index is 0.0392. The monoisotopic (exact) mass is 311 g/mol. The van der Waals surface area contributed by atoms with Crippen LogP contribution in [0.25, 0.3) is 10.8 Å². The lowest BCUT2D eigenvalue weighted by molar-refractivity contribution is -0.383. The molecule has 0 saturated heterocycles. The fourth-order valence-corrected chi connectivity index (χ4v) is 2.54.